The van der Waals surface area contributed by atoms with Crippen molar-refractivity contribution in [2.24, 2.45) is 11.7 Å². The number of nitrogens with two attached hydrogens (primary N) is 1. The molecule has 0 amide bonds. The van der Waals surface area contributed by atoms with Crippen molar-refractivity contribution in [2.45, 2.75) is 52.1 Å². The van der Waals surface area contributed by atoms with Crippen LogP contribution in [0.3, 0.4) is 0 Å². The number of piperidine rings is 1. The highest BCUT2D eigenvalue weighted by Crippen LogP contribution is 2.22. The molecule has 2 unspecified atom stereocenters. The fraction of sp³-hybridized carbons (Fsp3) is 0.846. The second kappa shape index (κ2) is 5.80. The van der Waals surface area contributed by atoms with Gasteiger partial charge in [-0.25, -0.2) is 0 Å². The number of hydrogen-bond donors (Lipinski definition) is 1. The SMILES string of the molecule is CC(C)c1nc(CN2CC(CN)CCC2C)no1. The summed E-state index contributed by atoms with van der Waals surface area (Å²) >= 11 is 0. The van der Waals surface area contributed by atoms with Crippen LogP contribution in [0.2, 0.25) is 0 Å². The lowest BCUT2D eigenvalue weighted by atomic mass is 9.93. The first-order valence-corrected chi connectivity index (χ1v) is 6.86. The van der Waals surface area contributed by atoms with Crippen LogP contribution in [0.15, 0.2) is 4.52 Å². The van der Waals surface area contributed by atoms with Gasteiger partial charge in [-0.2, -0.15) is 4.98 Å². The molecule has 1 aliphatic rings. The molecule has 0 radical (unpaired) electrons. The van der Waals surface area contributed by atoms with E-state index in [0.717, 1.165) is 31.3 Å². The van der Waals surface area contributed by atoms with E-state index in [1.165, 1.54) is 12.8 Å². The standard InChI is InChI=1S/C13H24N4O/c1-9(2)13-15-12(16-18-13)8-17-7-11(6-14)5-4-10(17)3/h9-11H,4-8,14H2,1-3H3. The third-order valence-corrected chi connectivity index (χ3v) is 3.76. The molecule has 0 aliphatic carbocycles. The van der Waals surface area contributed by atoms with Gasteiger partial charge in [0, 0.05) is 18.5 Å². The number of rotatable bonds is 4. The van der Waals surface area contributed by atoms with Crippen LogP contribution < -0.4 is 5.73 Å². The minimum absolute atomic E-state index is 0.293. The van der Waals surface area contributed by atoms with Gasteiger partial charge in [-0.1, -0.05) is 19.0 Å². The van der Waals surface area contributed by atoms with Gasteiger partial charge in [0.25, 0.3) is 0 Å². The molecule has 2 N–H and O–H groups in total. The zero-order valence-corrected chi connectivity index (χ0v) is 11.6. The van der Waals surface area contributed by atoms with E-state index in [1.54, 1.807) is 0 Å². The Labute approximate surface area is 109 Å². The molecular formula is C13H24N4O. The predicted molar refractivity (Wildman–Crippen MR) is 70.0 cm³/mol. The molecule has 18 heavy (non-hydrogen) atoms. The Morgan fingerprint density at radius 3 is 2.83 bits per heavy atom. The van der Waals surface area contributed by atoms with Crippen molar-refractivity contribution in [1.29, 1.82) is 0 Å². The molecule has 0 spiro atoms. The lowest BCUT2D eigenvalue weighted by Gasteiger charge is -2.36. The van der Waals surface area contributed by atoms with Gasteiger partial charge in [-0.15, -0.1) is 0 Å². The van der Waals surface area contributed by atoms with Crippen LogP contribution in [0.25, 0.3) is 0 Å². The lowest BCUT2D eigenvalue weighted by Crippen LogP contribution is -2.43. The average molecular weight is 252 g/mol. The van der Waals surface area contributed by atoms with Gasteiger partial charge < -0.3 is 10.3 Å². The van der Waals surface area contributed by atoms with Gasteiger partial charge in [-0.3, -0.25) is 4.90 Å². The number of nitrogens with zero attached hydrogens (tertiary/aromatic N) is 3. The van der Waals surface area contributed by atoms with E-state index in [2.05, 4.69) is 35.8 Å². The van der Waals surface area contributed by atoms with Crippen LogP contribution >= 0.6 is 0 Å². The molecule has 1 aliphatic heterocycles. The van der Waals surface area contributed by atoms with E-state index in [1.807, 2.05) is 0 Å². The van der Waals surface area contributed by atoms with Gasteiger partial charge in [-0.05, 0) is 32.2 Å². The molecule has 1 saturated heterocycles. The monoisotopic (exact) mass is 252 g/mol. The molecule has 2 heterocycles. The maximum absolute atomic E-state index is 5.77. The molecule has 1 fully saturated rings. The molecule has 0 saturated carbocycles. The van der Waals surface area contributed by atoms with Crippen LogP contribution in [-0.4, -0.2) is 34.2 Å². The lowest BCUT2D eigenvalue weighted by molar-refractivity contribution is 0.109. The summed E-state index contributed by atoms with van der Waals surface area (Å²) < 4.78 is 5.24. The highest BCUT2D eigenvalue weighted by molar-refractivity contribution is 4.92. The van der Waals surface area contributed by atoms with Gasteiger partial charge in [0.2, 0.25) is 5.89 Å². The maximum Gasteiger partial charge on any atom is 0.229 e. The first kappa shape index (κ1) is 13.5. The second-order valence-electron chi connectivity index (χ2n) is 5.66. The summed E-state index contributed by atoms with van der Waals surface area (Å²) in [6.45, 7) is 8.97. The Hall–Kier alpha value is -0.940. The average Bonchev–Trinajstić information content (AvgIpc) is 2.81. The first-order valence-electron chi connectivity index (χ1n) is 6.86. The van der Waals surface area contributed by atoms with Gasteiger partial charge in [0.05, 0.1) is 6.54 Å². The van der Waals surface area contributed by atoms with Crippen molar-refractivity contribution in [3.8, 4) is 0 Å². The molecule has 0 aromatic carbocycles. The van der Waals surface area contributed by atoms with Gasteiger partial charge >= 0.3 is 0 Å². The highest BCUT2D eigenvalue weighted by Gasteiger charge is 2.26. The number of likely N-dealkylation sites (tertiary alicyclic amines) is 1. The quantitative estimate of drug-likeness (QED) is 0.884. The predicted octanol–water partition coefficient (Wildman–Crippen LogP) is 1.75. The second-order valence-corrected chi connectivity index (χ2v) is 5.66. The third kappa shape index (κ3) is 3.09. The molecule has 0 bridgehead atoms. The van der Waals surface area contributed by atoms with E-state index < -0.39 is 0 Å². The van der Waals surface area contributed by atoms with Crippen molar-refractivity contribution >= 4 is 0 Å². The third-order valence-electron chi connectivity index (χ3n) is 3.76. The highest BCUT2D eigenvalue weighted by atomic mass is 16.5. The Morgan fingerprint density at radius 2 is 2.22 bits per heavy atom. The summed E-state index contributed by atoms with van der Waals surface area (Å²) in [4.78, 5) is 6.85. The van der Waals surface area contributed by atoms with E-state index in [0.29, 0.717) is 17.9 Å². The number of aromatic nitrogens is 2. The van der Waals surface area contributed by atoms with Crippen LogP contribution in [0.4, 0.5) is 0 Å². The maximum atomic E-state index is 5.77. The van der Waals surface area contributed by atoms with Crippen LogP contribution in [0.1, 0.15) is 51.2 Å². The van der Waals surface area contributed by atoms with E-state index in [4.69, 9.17) is 10.3 Å². The zero-order chi connectivity index (χ0) is 13.1. The Kier molecular flexibility index (Phi) is 4.35. The van der Waals surface area contributed by atoms with Crippen LogP contribution in [-0.2, 0) is 6.54 Å². The van der Waals surface area contributed by atoms with E-state index >= 15 is 0 Å². The Morgan fingerprint density at radius 1 is 1.44 bits per heavy atom. The summed E-state index contributed by atoms with van der Waals surface area (Å²) in [6.07, 6.45) is 2.44. The molecule has 1 aromatic rings. The fourth-order valence-electron chi connectivity index (χ4n) is 2.42. The topological polar surface area (TPSA) is 68.2 Å². The first-order chi connectivity index (χ1) is 8.60. The van der Waals surface area contributed by atoms with Crippen LogP contribution in [0.5, 0.6) is 0 Å². The molecule has 2 rings (SSSR count). The van der Waals surface area contributed by atoms with Crippen molar-refractivity contribution in [3.63, 3.8) is 0 Å². The number of hydrogen-bond acceptors (Lipinski definition) is 5. The van der Waals surface area contributed by atoms with Crippen molar-refractivity contribution in [3.05, 3.63) is 11.7 Å². The minimum atomic E-state index is 0.293. The minimum Gasteiger partial charge on any atom is -0.339 e. The summed E-state index contributed by atoms with van der Waals surface area (Å²) in [7, 11) is 0. The summed E-state index contributed by atoms with van der Waals surface area (Å²) in [5, 5.41) is 4.06. The smallest absolute Gasteiger partial charge is 0.229 e. The van der Waals surface area contributed by atoms with Crippen molar-refractivity contribution < 1.29 is 4.52 Å². The molecular weight excluding hydrogens is 228 g/mol. The molecule has 102 valence electrons. The summed E-state index contributed by atoms with van der Waals surface area (Å²) in [5.41, 5.74) is 5.77. The fourth-order valence-corrected chi connectivity index (χ4v) is 2.42. The zero-order valence-electron chi connectivity index (χ0n) is 11.6. The molecule has 1 aromatic heterocycles. The normalized spacial score (nSPS) is 25.8. The molecule has 5 nitrogen and oxygen atoms in total. The summed E-state index contributed by atoms with van der Waals surface area (Å²) in [6, 6.07) is 0.578. The summed E-state index contributed by atoms with van der Waals surface area (Å²) in [5.74, 6) is 2.42. The van der Waals surface area contributed by atoms with E-state index in [-0.39, 0.29) is 0 Å². The Bertz CT molecular complexity index is 377. The van der Waals surface area contributed by atoms with Crippen molar-refractivity contribution in [2.75, 3.05) is 13.1 Å². The van der Waals surface area contributed by atoms with Gasteiger partial charge in [0.15, 0.2) is 5.82 Å². The van der Waals surface area contributed by atoms with Crippen molar-refractivity contribution in [1.82, 2.24) is 15.0 Å². The molecule has 2 atom stereocenters. The van der Waals surface area contributed by atoms with Gasteiger partial charge in [0.1, 0.15) is 0 Å². The Balaban J connectivity index is 1.98. The van der Waals surface area contributed by atoms with Crippen LogP contribution in [0, 0.1) is 5.92 Å². The molecule has 5 heteroatoms. The van der Waals surface area contributed by atoms with E-state index in [9.17, 15) is 0 Å². The largest absolute Gasteiger partial charge is 0.339 e.